The molecule has 2 aromatic rings. The SMILES string of the molecule is CC(C)[C@@H](Cn1nnc2ccccc2c1=O)NC(=O)CCl. The molecule has 112 valence electrons. The van der Waals surface area contributed by atoms with Crippen LogP contribution in [0.25, 0.3) is 10.9 Å². The smallest absolute Gasteiger partial charge is 0.277 e. The first kappa shape index (κ1) is 15.4. The van der Waals surface area contributed by atoms with E-state index in [1.165, 1.54) is 4.68 Å². The van der Waals surface area contributed by atoms with E-state index in [1.54, 1.807) is 24.3 Å². The van der Waals surface area contributed by atoms with Crippen molar-refractivity contribution in [3.05, 3.63) is 34.6 Å². The number of carbonyl (C=O) groups excluding carboxylic acids is 1. The summed E-state index contributed by atoms with van der Waals surface area (Å²) in [5, 5.41) is 11.3. The van der Waals surface area contributed by atoms with Gasteiger partial charge < -0.3 is 5.32 Å². The molecule has 0 aliphatic heterocycles. The fraction of sp³-hybridized carbons (Fsp3) is 0.429. The predicted molar refractivity (Wildman–Crippen MR) is 81.3 cm³/mol. The highest BCUT2D eigenvalue weighted by molar-refractivity contribution is 6.27. The van der Waals surface area contributed by atoms with Crippen molar-refractivity contribution in [1.82, 2.24) is 20.3 Å². The molecule has 1 heterocycles. The molecule has 0 aliphatic carbocycles. The lowest BCUT2D eigenvalue weighted by atomic mass is 10.0. The number of aromatic nitrogens is 3. The molecule has 0 saturated carbocycles. The van der Waals surface area contributed by atoms with Crippen molar-refractivity contribution >= 4 is 28.4 Å². The zero-order chi connectivity index (χ0) is 15.4. The third kappa shape index (κ3) is 3.58. The fourth-order valence-electron chi connectivity index (χ4n) is 2.00. The van der Waals surface area contributed by atoms with E-state index >= 15 is 0 Å². The van der Waals surface area contributed by atoms with Crippen LogP contribution < -0.4 is 10.9 Å². The molecule has 0 unspecified atom stereocenters. The van der Waals surface area contributed by atoms with E-state index in [1.807, 2.05) is 13.8 Å². The zero-order valence-corrected chi connectivity index (χ0v) is 12.7. The molecule has 0 saturated heterocycles. The number of rotatable bonds is 5. The van der Waals surface area contributed by atoms with E-state index in [4.69, 9.17) is 11.6 Å². The van der Waals surface area contributed by atoms with Crippen molar-refractivity contribution in [2.24, 2.45) is 5.92 Å². The van der Waals surface area contributed by atoms with Gasteiger partial charge in [-0.3, -0.25) is 9.59 Å². The van der Waals surface area contributed by atoms with Crippen molar-refractivity contribution in [2.45, 2.75) is 26.4 Å². The maximum Gasteiger partial charge on any atom is 0.277 e. The third-order valence-corrected chi connectivity index (χ3v) is 3.51. The average molecular weight is 309 g/mol. The third-order valence-electron chi connectivity index (χ3n) is 3.27. The summed E-state index contributed by atoms with van der Waals surface area (Å²) in [7, 11) is 0. The molecule has 0 spiro atoms. The molecule has 0 aliphatic rings. The van der Waals surface area contributed by atoms with Crippen molar-refractivity contribution in [3.63, 3.8) is 0 Å². The fourth-order valence-corrected chi connectivity index (χ4v) is 2.07. The summed E-state index contributed by atoms with van der Waals surface area (Å²) >= 11 is 5.50. The summed E-state index contributed by atoms with van der Waals surface area (Å²) in [5.41, 5.74) is 0.344. The van der Waals surface area contributed by atoms with Crippen LogP contribution in [0.2, 0.25) is 0 Å². The Balaban J connectivity index is 2.31. The Hall–Kier alpha value is -1.95. The predicted octanol–water partition coefficient (Wildman–Crippen LogP) is 1.17. The van der Waals surface area contributed by atoms with Crippen molar-refractivity contribution in [3.8, 4) is 0 Å². The van der Waals surface area contributed by atoms with Gasteiger partial charge in [0.05, 0.1) is 18.0 Å². The first-order chi connectivity index (χ1) is 10.0. The highest BCUT2D eigenvalue weighted by atomic mass is 35.5. The minimum atomic E-state index is -0.267. The van der Waals surface area contributed by atoms with Gasteiger partial charge in [-0.05, 0) is 18.1 Å². The van der Waals surface area contributed by atoms with Gasteiger partial charge >= 0.3 is 0 Å². The molecular formula is C14H17ClN4O2. The number of alkyl halides is 1. The Morgan fingerprint density at radius 2 is 2.10 bits per heavy atom. The van der Waals surface area contributed by atoms with Gasteiger partial charge in [-0.1, -0.05) is 31.2 Å². The Morgan fingerprint density at radius 1 is 1.38 bits per heavy atom. The molecule has 1 aromatic carbocycles. The van der Waals surface area contributed by atoms with Crippen LogP contribution in [0.3, 0.4) is 0 Å². The first-order valence-corrected chi connectivity index (χ1v) is 7.24. The Morgan fingerprint density at radius 3 is 2.76 bits per heavy atom. The molecule has 2 rings (SSSR count). The number of benzene rings is 1. The maximum absolute atomic E-state index is 12.4. The molecule has 1 amide bonds. The lowest BCUT2D eigenvalue weighted by molar-refractivity contribution is -0.119. The van der Waals surface area contributed by atoms with Crippen LogP contribution in [-0.2, 0) is 11.3 Å². The van der Waals surface area contributed by atoms with Crippen LogP contribution in [-0.4, -0.2) is 32.8 Å². The summed E-state index contributed by atoms with van der Waals surface area (Å²) < 4.78 is 1.28. The largest absolute Gasteiger partial charge is 0.350 e. The number of carbonyl (C=O) groups is 1. The van der Waals surface area contributed by atoms with Gasteiger partial charge in [-0.25, -0.2) is 4.68 Å². The van der Waals surface area contributed by atoms with Gasteiger partial charge in [0.15, 0.2) is 0 Å². The summed E-state index contributed by atoms with van der Waals surface area (Å²) in [6.07, 6.45) is 0. The molecular weight excluding hydrogens is 292 g/mol. The van der Waals surface area contributed by atoms with Crippen molar-refractivity contribution in [2.75, 3.05) is 5.88 Å². The molecule has 0 fully saturated rings. The lowest BCUT2D eigenvalue weighted by Gasteiger charge is -2.22. The second-order valence-electron chi connectivity index (χ2n) is 5.15. The highest BCUT2D eigenvalue weighted by Crippen LogP contribution is 2.06. The summed E-state index contributed by atoms with van der Waals surface area (Å²) in [6, 6.07) is 6.81. The van der Waals surface area contributed by atoms with Crippen LogP contribution in [0.4, 0.5) is 0 Å². The van der Waals surface area contributed by atoms with Gasteiger partial charge in [0, 0.05) is 0 Å². The van der Waals surface area contributed by atoms with Gasteiger partial charge in [0.2, 0.25) is 5.91 Å². The molecule has 1 atom stereocenters. The second kappa shape index (κ2) is 6.67. The molecule has 21 heavy (non-hydrogen) atoms. The zero-order valence-electron chi connectivity index (χ0n) is 11.9. The first-order valence-electron chi connectivity index (χ1n) is 6.70. The minimum Gasteiger partial charge on any atom is -0.350 e. The molecule has 0 bridgehead atoms. The number of hydrogen-bond donors (Lipinski definition) is 1. The Kier molecular flexibility index (Phi) is 4.90. The number of amides is 1. The highest BCUT2D eigenvalue weighted by Gasteiger charge is 2.18. The second-order valence-corrected chi connectivity index (χ2v) is 5.41. The number of nitrogens with zero attached hydrogens (tertiary/aromatic N) is 3. The van der Waals surface area contributed by atoms with Crippen LogP contribution in [0.1, 0.15) is 13.8 Å². The molecule has 1 aromatic heterocycles. The summed E-state index contributed by atoms with van der Waals surface area (Å²) in [5.74, 6) is -0.240. The van der Waals surface area contributed by atoms with Gasteiger partial charge in [0.1, 0.15) is 11.4 Å². The average Bonchev–Trinajstić information content (AvgIpc) is 2.49. The Labute approximate surface area is 127 Å². The van der Waals surface area contributed by atoms with Gasteiger partial charge in [-0.15, -0.1) is 16.7 Å². The lowest BCUT2D eigenvalue weighted by Crippen LogP contribution is -2.44. The monoisotopic (exact) mass is 308 g/mol. The van der Waals surface area contributed by atoms with E-state index in [9.17, 15) is 9.59 Å². The molecule has 6 nitrogen and oxygen atoms in total. The van der Waals surface area contributed by atoms with E-state index in [0.29, 0.717) is 10.9 Å². The van der Waals surface area contributed by atoms with Crippen LogP contribution in [0.15, 0.2) is 29.1 Å². The topological polar surface area (TPSA) is 76.9 Å². The van der Waals surface area contributed by atoms with Crippen molar-refractivity contribution < 1.29 is 4.79 Å². The summed E-state index contributed by atoms with van der Waals surface area (Å²) in [4.78, 5) is 23.8. The van der Waals surface area contributed by atoms with Crippen LogP contribution in [0.5, 0.6) is 0 Å². The molecule has 0 radical (unpaired) electrons. The van der Waals surface area contributed by atoms with E-state index in [0.717, 1.165) is 0 Å². The van der Waals surface area contributed by atoms with Crippen molar-refractivity contribution in [1.29, 1.82) is 0 Å². The number of hydrogen-bond acceptors (Lipinski definition) is 4. The quantitative estimate of drug-likeness (QED) is 0.841. The number of nitrogens with one attached hydrogen (secondary N) is 1. The maximum atomic E-state index is 12.4. The van der Waals surface area contributed by atoms with Crippen LogP contribution >= 0.6 is 11.6 Å². The van der Waals surface area contributed by atoms with Gasteiger partial charge in [0.25, 0.3) is 5.56 Å². The molecule has 7 heteroatoms. The minimum absolute atomic E-state index is 0.110. The van der Waals surface area contributed by atoms with Crippen LogP contribution in [0, 0.1) is 5.92 Å². The van der Waals surface area contributed by atoms with E-state index < -0.39 is 0 Å². The normalized spacial score (nSPS) is 12.6. The molecule has 1 N–H and O–H groups in total. The van der Waals surface area contributed by atoms with Gasteiger partial charge in [-0.2, -0.15) is 0 Å². The summed E-state index contributed by atoms with van der Waals surface area (Å²) in [6.45, 7) is 4.17. The van der Waals surface area contributed by atoms with E-state index in [-0.39, 0.29) is 35.9 Å². The van der Waals surface area contributed by atoms with E-state index in [2.05, 4.69) is 15.6 Å². The Bertz CT molecular complexity index is 699. The number of fused-ring (bicyclic) bond motifs is 1. The standard InChI is InChI=1S/C14H17ClN4O2/c1-9(2)12(16-13(20)7-15)8-19-14(21)10-5-3-4-6-11(10)17-18-19/h3-6,9,12H,7-8H2,1-2H3,(H,16,20)/t12-/m1/s1. The number of halogens is 1.